The number of aromatic amines is 1. The van der Waals surface area contributed by atoms with Crippen LogP contribution in [0.3, 0.4) is 0 Å². The highest BCUT2D eigenvalue weighted by atomic mass is 16.3. The third-order valence-electron chi connectivity index (χ3n) is 8.73. The van der Waals surface area contributed by atoms with E-state index < -0.39 is 23.8 Å². The van der Waals surface area contributed by atoms with E-state index in [-0.39, 0.29) is 19.1 Å². The Bertz CT molecular complexity index is 1680. The van der Waals surface area contributed by atoms with Gasteiger partial charge in [0.1, 0.15) is 12.2 Å². The number of amides is 2. The molecule has 5 aromatic rings. The molecule has 43 heavy (non-hydrogen) atoms. The van der Waals surface area contributed by atoms with E-state index in [1.54, 1.807) is 9.80 Å². The lowest BCUT2D eigenvalue weighted by atomic mass is 9.81. The summed E-state index contributed by atoms with van der Waals surface area (Å²) in [4.78, 5) is 18.4. The molecule has 4 atom stereocenters. The van der Waals surface area contributed by atoms with Crippen LogP contribution in [0.2, 0.25) is 0 Å². The number of aromatic nitrogens is 2. The second-order valence-electron chi connectivity index (χ2n) is 11.7. The summed E-state index contributed by atoms with van der Waals surface area (Å²) in [6.45, 7) is 2.37. The molecule has 0 saturated carbocycles. The number of aliphatic hydroxyl groups excluding tert-OH is 2. The van der Waals surface area contributed by atoms with Crippen LogP contribution in [0.25, 0.3) is 10.9 Å². The Balaban J connectivity index is 1.47. The molecule has 1 saturated heterocycles. The van der Waals surface area contributed by atoms with Gasteiger partial charge in [0.15, 0.2) is 5.82 Å². The van der Waals surface area contributed by atoms with Crippen LogP contribution in [0, 0.1) is 0 Å². The number of fused-ring (bicyclic) bond motifs is 1. The average Bonchev–Trinajstić information content (AvgIpc) is 3.39. The van der Waals surface area contributed by atoms with E-state index in [0.29, 0.717) is 18.7 Å². The Hall–Kier alpha value is -4.66. The fourth-order valence-electron chi connectivity index (χ4n) is 6.31. The van der Waals surface area contributed by atoms with Crippen LogP contribution < -0.4 is 5.73 Å². The monoisotopic (exact) mass is 575 g/mol. The Morgan fingerprint density at radius 2 is 1.42 bits per heavy atom. The van der Waals surface area contributed by atoms with Crippen molar-refractivity contribution in [2.24, 2.45) is 0 Å². The standard InChI is InChI=1S/C35H37N5O3/c1-35(21-25-13-7-3-8-14-25)32(42)31(41)30(20-24-11-5-2-6-12-24)39(34(43)40(35)23-26-15-9-4-10-16-26)22-27-17-18-29-28(19-27)33(36)38-37-29/h2-19,30-32,41-42H,20-23H2,1H3,(H3,36,37,38)/t30-,31+,32-,35?/m1/s1. The van der Waals surface area contributed by atoms with Crippen LogP contribution in [-0.2, 0) is 25.9 Å². The Morgan fingerprint density at radius 1 is 0.814 bits per heavy atom. The number of benzene rings is 4. The van der Waals surface area contributed by atoms with Crippen molar-refractivity contribution in [1.82, 2.24) is 20.0 Å². The number of aliphatic hydroxyl groups is 2. The molecule has 1 aliphatic rings. The molecule has 6 rings (SSSR count). The number of nitrogens with one attached hydrogen (secondary N) is 1. The summed E-state index contributed by atoms with van der Waals surface area (Å²) in [6.07, 6.45) is -1.71. The summed E-state index contributed by atoms with van der Waals surface area (Å²) in [6, 6.07) is 34.2. The van der Waals surface area contributed by atoms with Crippen LogP contribution in [0.5, 0.6) is 0 Å². The van der Waals surface area contributed by atoms with E-state index in [4.69, 9.17) is 5.73 Å². The van der Waals surface area contributed by atoms with E-state index in [1.165, 1.54) is 0 Å². The lowest BCUT2D eigenvalue weighted by Gasteiger charge is -2.44. The molecule has 0 spiro atoms. The van der Waals surface area contributed by atoms with Crippen molar-refractivity contribution >= 4 is 22.8 Å². The molecule has 2 amide bonds. The molecule has 5 N–H and O–H groups in total. The molecule has 4 aromatic carbocycles. The topological polar surface area (TPSA) is 119 Å². The highest BCUT2D eigenvalue weighted by Crippen LogP contribution is 2.36. The first-order valence-electron chi connectivity index (χ1n) is 14.6. The number of hydrogen-bond donors (Lipinski definition) is 4. The van der Waals surface area contributed by atoms with E-state index in [2.05, 4.69) is 10.2 Å². The zero-order chi connectivity index (χ0) is 30.0. The predicted molar refractivity (Wildman–Crippen MR) is 168 cm³/mol. The van der Waals surface area contributed by atoms with Crippen LogP contribution in [0.1, 0.15) is 29.2 Å². The van der Waals surface area contributed by atoms with Gasteiger partial charge in [-0.2, -0.15) is 5.10 Å². The normalized spacial score (nSPS) is 22.6. The predicted octanol–water partition coefficient (Wildman–Crippen LogP) is 4.92. The van der Waals surface area contributed by atoms with Gasteiger partial charge in [-0.05, 0) is 54.2 Å². The summed E-state index contributed by atoms with van der Waals surface area (Å²) in [5.41, 5.74) is 9.52. The number of nitrogens with zero attached hydrogens (tertiary/aromatic N) is 3. The molecular formula is C35H37N5O3. The maximum absolute atomic E-state index is 14.9. The van der Waals surface area contributed by atoms with E-state index in [1.807, 2.05) is 116 Å². The quantitative estimate of drug-likeness (QED) is 0.210. The maximum Gasteiger partial charge on any atom is 0.321 e. The molecule has 1 unspecified atom stereocenters. The Labute approximate surface area is 251 Å². The molecular weight excluding hydrogens is 538 g/mol. The van der Waals surface area contributed by atoms with E-state index in [0.717, 1.165) is 33.2 Å². The average molecular weight is 576 g/mol. The number of urea groups is 1. The second kappa shape index (κ2) is 11.9. The molecule has 8 heteroatoms. The zero-order valence-electron chi connectivity index (χ0n) is 24.2. The Kier molecular flexibility index (Phi) is 7.88. The number of H-pyrrole nitrogens is 1. The number of rotatable bonds is 8. The molecule has 220 valence electrons. The van der Waals surface area contributed by atoms with Gasteiger partial charge < -0.3 is 25.7 Å². The first kappa shape index (κ1) is 28.5. The molecule has 0 aliphatic carbocycles. The van der Waals surface area contributed by atoms with Crippen molar-refractivity contribution in [2.45, 2.75) is 56.6 Å². The summed E-state index contributed by atoms with van der Waals surface area (Å²) >= 11 is 0. The van der Waals surface area contributed by atoms with Crippen molar-refractivity contribution in [3.8, 4) is 0 Å². The molecule has 1 aliphatic heterocycles. The van der Waals surface area contributed by atoms with Gasteiger partial charge in [0.2, 0.25) is 0 Å². The number of nitrogens with two attached hydrogens (primary N) is 1. The zero-order valence-corrected chi connectivity index (χ0v) is 24.2. The third kappa shape index (κ3) is 5.71. The summed E-state index contributed by atoms with van der Waals surface area (Å²) in [5.74, 6) is 0.386. The van der Waals surface area contributed by atoms with Crippen molar-refractivity contribution in [1.29, 1.82) is 0 Å². The number of hydrogen-bond acceptors (Lipinski definition) is 5. The van der Waals surface area contributed by atoms with Crippen molar-refractivity contribution < 1.29 is 15.0 Å². The minimum Gasteiger partial charge on any atom is -0.388 e. The van der Waals surface area contributed by atoms with E-state index in [9.17, 15) is 15.0 Å². The van der Waals surface area contributed by atoms with Gasteiger partial charge in [-0.3, -0.25) is 5.10 Å². The molecule has 1 fully saturated rings. The first-order chi connectivity index (χ1) is 20.8. The lowest BCUT2D eigenvalue weighted by Crippen LogP contribution is -2.60. The minimum absolute atomic E-state index is 0.216. The molecule has 0 radical (unpaired) electrons. The highest BCUT2D eigenvalue weighted by Gasteiger charge is 2.53. The van der Waals surface area contributed by atoms with Gasteiger partial charge in [0.05, 0.1) is 17.1 Å². The largest absolute Gasteiger partial charge is 0.388 e. The van der Waals surface area contributed by atoms with Gasteiger partial charge in [-0.1, -0.05) is 97.1 Å². The minimum atomic E-state index is -1.23. The fourth-order valence-corrected chi connectivity index (χ4v) is 6.31. The summed E-state index contributed by atoms with van der Waals surface area (Å²) < 4.78 is 0. The number of carbonyl (C=O) groups is 1. The Morgan fingerprint density at radius 3 is 2.07 bits per heavy atom. The lowest BCUT2D eigenvalue weighted by molar-refractivity contribution is -0.0747. The number of carbonyl (C=O) groups excluding carboxylic acids is 1. The highest BCUT2D eigenvalue weighted by molar-refractivity contribution is 5.89. The second-order valence-corrected chi connectivity index (χ2v) is 11.7. The van der Waals surface area contributed by atoms with Crippen LogP contribution in [0.15, 0.2) is 109 Å². The van der Waals surface area contributed by atoms with Crippen molar-refractivity contribution in [2.75, 3.05) is 5.73 Å². The van der Waals surface area contributed by atoms with Crippen LogP contribution >= 0.6 is 0 Å². The molecule has 2 heterocycles. The molecule has 8 nitrogen and oxygen atoms in total. The van der Waals surface area contributed by atoms with Gasteiger partial charge in [0.25, 0.3) is 0 Å². The first-order valence-corrected chi connectivity index (χ1v) is 14.6. The SMILES string of the molecule is CC1(Cc2ccccc2)[C@H](O)[C@@H](O)[C@@H](Cc2ccccc2)N(Cc2ccc3[nH]nc(N)c3c2)C(=O)N1Cc1ccccc1. The van der Waals surface area contributed by atoms with Gasteiger partial charge in [0, 0.05) is 18.5 Å². The van der Waals surface area contributed by atoms with Crippen molar-refractivity contribution in [3.05, 3.63) is 131 Å². The summed E-state index contributed by atoms with van der Waals surface area (Å²) in [5, 5.41) is 31.9. The van der Waals surface area contributed by atoms with E-state index >= 15 is 0 Å². The van der Waals surface area contributed by atoms with Crippen LogP contribution in [0.4, 0.5) is 10.6 Å². The van der Waals surface area contributed by atoms with Crippen molar-refractivity contribution in [3.63, 3.8) is 0 Å². The van der Waals surface area contributed by atoms with Gasteiger partial charge in [-0.15, -0.1) is 0 Å². The molecule has 0 bridgehead atoms. The summed E-state index contributed by atoms with van der Waals surface area (Å²) in [7, 11) is 0. The van der Waals surface area contributed by atoms with Crippen LogP contribution in [-0.4, -0.2) is 60.0 Å². The third-order valence-corrected chi connectivity index (χ3v) is 8.73. The smallest absolute Gasteiger partial charge is 0.321 e. The maximum atomic E-state index is 14.9. The fraction of sp³-hybridized carbons (Fsp3) is 0.257. The number of nitrogen functional groups attached to an aromatic ring is 1. The number of anilines is 1. The molecule has 1 aromatic heterocycles. The van der Waals surface area contributed by atoms with Gasteiger partial charge in [-0.25, -0.2) is 4.79 Å². The van der Waals surface area contributed by atoms with Gasteiger partial charge >= 0.3 is 6.03 Å².